The second-order valence-electron chi connectivity index (χ2n) is 3.37. The predicted molar refractivity (Wildman–Crippen MR) is 45.7 cm³/mol. The first-order valence-corrected chi connectivity index (χ1v) is 3.98. The first-order valence-electron chi connectivity index (χ1n) is 3.98. The van der Waals surface area contributed by atoms with Crippen LogP contribution in [0, 0.1) is 0 Å². The minimum atomic E-state index is -0.0845. The summed E-state index contributed by atoms with van der Waals surface area (Å²) in [6, 6.07) is 0. The number of amidine groups is 1. The molecule has 64 valence electrons. The van der Waals surface area contributed by atoms with Crippen molar-refractivity contribution in [3.63, 3.8) is 0 Å². The summed E-state index contributed by atoms with van der Waals surface area (Å²) in [5.74, 6) is 0.643. The van der Waals surface area contributed by atoms with E-state index >= 15 is 0 Å². The van der Waals surface area contributed by atoms with Crippen LogP contribution in [-0.4, -0.2) is 24.1 Å². The largest absolute Gasteiger partial charge is 0.388 e. The van der Waals surface area contributed by atoms with E-state index in [1.807, 2.05) is 13.8 Å². The zero-order valence-electron chi connectivity index (χ0n) is 7.42. The monoisotopic (exact) mass is 156 g/mol. The summed E-state index contributed by atoms with van der Waals surface area (Å²) in [6.07, 6.45) is 1.17. The first kappa shape index (κ1) is 8.53. The molecule has 0 bridgehead atoms. The molecule has 0 aromatic rings. The summed E-state index contributed by atoms with van der Waals surface area (Å²) in [7, 11) is 0. The molecule has 3 nitrogen and oxygen atoms in total. The molecule has 0 saturated carbocycles. The number of ether oxygens (including phenoxy) is 1. The molecule has 0 aromatic heterocycles. The van der Waals surface area contributed by atoms with Gasteiger partial charge < -0.3 is 10.5 Å². The third-order valence-electron chi connectivity index (χ3n) is 2.28. The van der Waals surface area contributed by atoms with Gasteiger partial charge in [0.25, 0.3) is 0 Å². The summed E-state index contributed by atoms with van der Waals surface area (Å²) in [4.78, 5) is 4.36. The Morgan fingerprint density at radius 2 is 2.36 bits per heavy atom. The Kier molecular flexibility index (Phi) is 2.18. The van der Waals surface area contributed by atoms with Gasteiger partial charge in [-0.25, -0.2) is 0 Å². The van der Waals surface area contributed by atoms with E-state index in [-0.39, 0.29) is 11.6 Å². The van der Waals surface area contributed by atoms with Gasteiger partial charge in [-0.15, -0.1) is 0 Å². The fraction of sp³-hybridized carbons (Fsp3) is 0.875. The normalized spacial score (nSPS) is 39.5. The molecule has 0 amide bonds. The summed E-state index contributed by atoms with van der Waals surface area (Å²) >= 11 is 0. The van der Waals surface area contributed by atoms with Gasteiger partial charge in [-0.05, 0) is 27.2 Å². The Morgan fingerprint density at radius 3 is 2.73 bits per heavy atom. The maximum Gasteiger partial charge on any atom is 0.0913 e. The molecular formula is C8H16N2O. The summed E-state index contributed by atoms with van der Waals surface area (Å²) in [6.45, 7) is 6.74. The summed E-state index contributed by atoms with van der Waals surface area (Å²) < 4.78 is 5.41. The van der Waals surface area contributed by atoms with E-state index in [9.17, 15) is 0 Å². The van der Waals surface area contributed by atoms with Gasteiger partial charge in [-0.1, -0.05) is 0 Å². The number of hydrogen-bond donors (Lipinski definition) is 1. The molecule has 1 heterocycles. The van der Waals surface area contributed by atoms with Gasteiger partial charge in [0.15, 0.2) is 0 Å². The molecule has 11 heavy (non-hydrogen) atoms. The molecule has 1 rings (SSSR count). The second-order valence-corrected chi connectivity index (χ2v) is 3.37. The van der Waals surface area contributed by atoms with Gasteiger partial charge in [0.05, 0.1) is 17.5 Å². The lowest BCUT2D eigenvalue weighted by Crippen LogP contribution is -2.32. The van der Waals surface area contributed by atoms with Crippen molar-refractivity contribution < 1.29 is 4.74 Å². The van der Waals surface area contributed by atoms with Gasteiger partial charge in [0.2, 0.25) is 0 Å². The topological polar surface area (TPSA) is 47.6 Å². The average Bonchev–Trinajstić information content (AvgIpc) is 2.11. The van der Waals surface area contributed by atoms with Crippen molar-refractivity contribution in [1.29, 1.82) is 0 Å². The van der Waals surface area contributed by atoms with Crippen molar-refractivity contribution in [2.45, 2.75) is 38.8 Å². The molecule has 2 unspecified atom stereocenters. The smallest absolute Gasteiger partial charge is 0.0913 e. The van der Waals surface area contributed by atoms with Crippen molar-refractivity contribution in [1.82, 2.24) is 0 Å². The number of aliphatic imine (C=N–C) groups is 1. The van der Waals surface area contributed by atoms with Gasteiger partial charge in [-0.3, -0.25) is 4.99 Å². The second kappa shape index (κ2) is 2.81. The molecule has 0 aromatic carbocycles. The van der Waals surface area contributed by atoms with Crippen LogP contribution in [0.4, 0.5) is 0 Å². The zero-order valence-corrected chi connectivity index (χ0v) is 7.42. The Bertz CT molecular complexity index is 175. The van der Waals surface area contributed by atoms with Crippen molar-refractivity contribution in [3.05, 3.63) is 0 Å². The van der Waals surface area contributed by atoms with Crippen LogP contribution in [-0.2, 0) is 4.74 Å². The van der Waals surface area contributed by atoms with E-state index < -0.39 is 0 Å². The zero-order chi connectivity index (χ0) is 8.48. The van der Waals surface area contributed by atoms with Crippen LogP contribution < -0.4 is 5.73 Å². The Labute approximate surface area is 67.6 Å². The molecule has 1 aliphatic rings. The lowest BCUT2D eigenvalue weighted by Gasteiger charge is -2.22. The average molecular weight is 156 g/mol. The molecule has 0 spiro atoms. The Morgan fingerprint density at radius 1 is 1.73 bits per heavy atom. The molecule has 0 radical (unpaired) electrons. The van der Waals surface area contributed by atoms with Crippen molar-refractivity contribution in [2.75, 3.05) is 6.61 Å². The molecule has 2 atom stereocenters. The van der Waals surface area contributed by atoms with Crippen LogP contribution in [0.25, 0.3) is 0 Å². The van der Waals surface area contributed by atoms with Crippen LogP contribution in [0.1, 0.15) is 27.2 Å². The quantitative estimate of drug-likeness (QED) is 0.453. The highest BCUT2D eigenvalue weighted by Crippen LogP contribution is 2.28. The molecule has 1 fully saturated rings. The highest BCUT2D eigenvalue weighted by atomic mass is 16.5. The molecule has 3 heteroatoms. The van der Waals surface area contributed by atoms with Crippen LogP contribution >= 0.6 is 0 Å². The van der Waals surface area contributed by atoms with E-state index in [1.54, 1.807) is 0 Å². The van der Waals surface area contributed by atoms with Crippen LogP contribution in [0.3, 0.4) is 0 Å². The van der Waals surface area contributed by atoms with Crippen LogP contribution in [0.5, 0.6) is 0 Å². The van der Waals surface area contributed by atoms with Gasteiger partial charge >= 0.3 is 0 Å². The maximum atomic E-state index is 5.51. The van der Waals surface area contributed by atoms with E-state index in [4.69, 9.17) is 10.5 Å². The van der Waals surface area contributed by atoms with Crippen molar-refractivity contribution in [2.24, 2.45) is 10.7 Å². The first-order chi connectivity index (χ1) is 5.04. The highest BCUT2D eigenvalue weighted by Gasteiger charge is 2.36. The minimum absolute atomic E-state index is 0.0845. The summed E-state index contributed by atoms with van der Waals surface area (Å²) in [5, 5.41) is 0. The van der Waals surface area contributed by atoms with E-state index in [0.717, 1.165) is 13.0 Å². The maximum absolute atomic E-state index is 5.51. The number of nitrogens with zero attached hydrogens (tertiary/aromatic N) is 1. The van der Waals surface area contributed by atoms with Gasteiger partial charge in [-0.2, -0.15) is 0 Å². The van der Waals surface area contributed by atoms with E-state index in [2.05, 4.69) is 11.9 Å². The third kappa shape index (κ3) is 1.71. The lowest BCUT2D eigenvalue weighted by atomic mass is 9.96. The predicted octanol–water partition coefficient (Wildman–Crippen LogP) is 0.931. The molecule has 1 aliphatic heterocycles. The van der Waals surface area contributed by atoms with Crippen molar-refractivity contribution >= 4 is 5.84 Å². The van der Waals surface area contributed by atoms with Crippen LogP contribution in [0.15, 0.2) is 4.99 Å². The van der Waals surface area contributed by atoms with Crippen molar-refractivity contribution in [3.8, 4) is 0 Å². The lowest BCUT2D eigenvalue weighted by molar-refractivity contribution is 0.101. The van der Waals surface area contributed by atoms with Gasteiger partial charge in [0.1, 0.15) is 0 Å². The van der Waals surface area contributed by atoms with E-state index in [0.29, 0.717) is 5.84 Å². The molecule has 0 aliphatic carbocycles. The van der Waals surface area contributed by atoms with E-state index in [1.165, 1.54) is 0 Å². The fourth-order valence-corrected chi connectivity index (χ4v) is 1.37. The SMILES string of the molecule is CC(N)=NC1(C)CCOC1C. The number of rotatable bonds is 1. The summed E-state index contributed by atoms with van der Waals surface area (Å²) in [5.41, 5.74) is 5.43. The minimum Gasteiger partial charge on any atom is -0.388 e. The Hall–Kier alpha value is -0.570. The van der Waals surface area contributed by atoms with Gasteiger partial charge in [0, 0.05) is 6.61 Å². The Balaban J connectivity index is 2.73. The standard InChI is InChI=1S/C8H16N2O/c1-6-8(3,4-5-11-6)10-7(2)9/h6H,4-5H2,1-3H3,(H2,9,10). The highest BCUT2D eigenvalue weighted by molar-refractivity contribution is 5.77. The number of hydrogen-bond acceptors (Lipinski definition) is 2. The van der Waals surface area contributed by atoms with Crippen LogP contribution in [0.2, 0.25) is 0 Å². The third-order valence-corrected chi connectivity index (χ3v) is 2.28. The fourth-order valence-electron chi connectivity index (χ4n) is 1.37. The molecular weight excluding hydrogens is 140 g/mol. The molecule has 1 saturated heterocycles. The molecule has 2 N–H and O–H groups in total. The number of nitrogens with two attached hydrogens (primary N) is 1.